The quantitative estimate of drug-likeness (QED) is 0.706. The minimum absolute atomic E-state index is 0.161. The number of carbonyl (C=O) groups excluding carboxylic acids is 1. The number of nitrogens with zero attached hydrogens (tertiary/aromatic N) is 4. The third-order valence-corrected chi connectivity index (χ3v) is 4.69. The van der Waals surface area contributed by atoms with Crippen molar-refractivity contribution in [3.05, 3.63) is 77.8 Å². The molecule has 2 aromatic heterocycles. The van der Waals surface area contributed by atoms with Crippen LogP contribution in [0.1, 0.15) is 53.0 Å². The summed E-state index contributed by atoms with van der Waals surface area (Å²) in [6.07, 6.45) is 9.47. The molecule has 1 aromatic carbocycles. The Kier molecular flexibility index (Phi) is 4.91. The monoisotopic (exact) mass is 366 g/mol. The van der Waals surface area contributed by atoms with E-state index in [2.05, 4.69) is 15.0 Å². The molecule has 6 nitrogen and oxygen atoms in total. The Bertz CT molecular complexity index is 911. The second-order valence-corrected chi connectivity index (χ2v) is 6.57. The molecule has 1 aliphatic rings. The maximum absolute atomic E-state index is 13.0. The lowest BCUT2D eigenvalue weighted by Gasteiger charge is -2.33. The van der Waals surface area contributed by atoms with Crippen LogP contribution in [0.3, 0.4) is 0 Å². The van der Waals surface area contributed by atoms with E-state index in [-0.39, 0.29) is 17.8 Å². The Morgan fingerprint density at radius 2 is 2.00 bits per heavy atom. The highest BCUT2D eigenvalue weighted by atomic mass is 19.1. The molecule has 0 saturated carbocycles. The van der Waals surface area contributed by atoms with Crippen molar-refractivity contribution in [1.29, 1.82) is 0 Å². The Balaban J connectivity index is 1.53. The van der Waals surface area contributed by atoms with Gasteiger partial charge >= 0.3 is 0 Å². The number of oxazole rings is 1. The molecule has 0 aliphatic carbocycles. The number of carbonyl (C=O) groups is 1. The predicted molar refractivity (Wildman–Crippen MR) is 95.4 cm³/mol. The van der Waals surface area contributed by atoms with Crippen molar-refractivity contribution >= 4 is 5.91 Å². The zero-order chi connectivity index (χ0) is 18.6. The van der Waals surface area contributed by atoms with Crippen molar-refractivity contribution in [3.8, 4) is 0 Å². The fraction of sp³-hybridized carbons (Fsp3) is 0.300. The van der Waals surface area contributed by atoms with Crippen LogP contribution in [-0.2, 0) is 6.42 Å². The number of piperidine rings is 1. The van der Waals surface area contributed by atoms with E-state index in [1.54, 1.807) is 29.4 Å². The number of hydrogen-bond donors (Lipinski definition) is 0. The first-order valence-corrected chi connectivity index (χ1v) is 8.97. The number of rotatable bonds is 4. The molecular weight excluding hydrogens is 347 g/mol. The van der Waals surface area contributed by atoms with Crippen LogP contribution in [0.15, 0.2) is 53.5 Å². The van der Waals surface area contributed by atoms with Crippen molar-refractivity contribution in [1.82, 2.24) is 19.9 Å². The molecule has 1 atom stereocenters. The van der Waals surface area contributed by atoms with Gasteiger partial charge in [0.1, 0.15) is 23.3 Å². The standard InChI is InChI=1S/C20H19FN4O2/c21-15-6-4-14(5-7-15)11-16-12-24-19(27-16)18-3-1-2-10-25(18)20(26)17-13-22-8-9-23-17/h4-9,12-13,18H,1-3,10-11H2. The van der Waals surface area contributed by atoms with Crippen LogP contribution in [0, 0.1) is 5.82 Å². The Morgan fingerprint density at radius 3 is 2.78 bits per heavy atom. The molecule has 1 amide bonds. The summed E-state index contributed by atoms with van der Waals surface area (Å²) in [7, 11) is 0. The van der Waals surface area contributed by atoms with Crippen LogP contribution in [0.25, 0.3) is 0 Å². The zero-order valence-corrected chi connectivity index (χ0v) is 14.7. The molecule has 0 radical (unpaired) electrons. The van der Waals surface area contributed by atoms with Crippen molar-refractivity contribution < 1.29 is 13.6 Å². The van der Waals surface area contributed by atoms with E-state index in [0.29, 0.717) is 30.3 Å². The van der Waals surface area contributed by atoms with Gasteiger partial charge in [-0.2, -0.15) is 0 Å². The first kappa shape index (κ1) is 17.3. The van der Waals surface area contributed by atoms with Gasteiger partial charge in [-0.3, -0.25) is 9.78 Å². The molecule has 1 saturated heterocycles. The van der Waals surface area contributed by atoms with Gasteiger partial charge in [-0.1, -0.05) is 12.1 Å². The van der Waals surface area contributed by atoms with E-state index in [9.17, 15) is 9.18 Å². The second kappa shape index (κ2) is 7.65. The van der Waals surface area contributed by atoms with Crippen molar-refractivity contribution in [2.75, 3.05) is 6.54 Å². The van der Waals surface area contributed by atoms with Crippen LogP contribution in [0.4, 0.5) is 4.39 Å². The molecule has 1 fully saturated rings. The Hall–Kier alpha value is -3.09. The molecular formula is C20H19FN4O2. The predicted octanol–water partition coefficient (Wildman–Crippen LogP) is 3.56. The van der Waals surface area contributed by atoms with Crippen LogP contribution >= 0.6 is 0 Å². The first-order valence-electron chi connectivity index (χ1n) is 8.97. The fourth-order valence-electron chi connectivity index (χ4n) is 3.35. The lowest BCUT2D eigenvalue weighted by Crippen LogP contribution is -2.39. The molecule has 1 aliphatic heterocycles. The smallest absolute Gasteiger partial charge is 0.274 e. The zero-order valence-electron chi connectivity index (χ0n) is 14.7. The highest BCUT2D eigenvalue weighted by Gasteiger charge is 2.32. The van der Waals surface area contributed by atoms with E-state index in [1.807, 2.05) is 0 Å². The fourth-order valence-corrected chi connectivity index (χ4v) is 3.35. The van der Waals surface area contributed by atoms with Gasteiger partial charge in [0.2, 0.25) is 5.89 Å². The van der Waals surface area contributed by atoms with E-state index in [4.69, 9.17) is 4.42 Å². The van der Waals surface area contributed by atoms with Gasteiger partial charge in [0.05, 0.1) is 12.4 Å². The van der Waals surface area contributed by atoms with Crippen molar-refractivity contribution in [2.24, 2.45) is 0 Å². The number of benzene rings is 1. The van der Waals surface area contributed by atoms with Gasteiger partial charge in [0.25, 0.3) is 5.91 Å². The molecule has 3 heterocycles. The second-order valence-electron chi connectivity index (χ2n) is 6.57. The molecule has 0 bridgehead atoms. The topological polar surface area (TPSA) is 72.1 Å². The number of hydrogen-bond acceptors (Lipinski definition) is 5. The molecule has 3 aromatic rings. The highest BCUT2D eigenvalue weighted by molar-refractivity contribution is 5.92. The number of halogens is 1. The van der Waals surface area contributed by atoms with Crippen LogP contribution in [-0.4, -0.2) is 32.3 Å². The van der Waals surface area contributed by atoms with Gasteiger partial charge in [-0.25, -0.2) is 14.4 Å². The van der Waals surface area contributed by atoms with Crippen molar-refractivity contribution in [2.45, 2.75) is 31.7 Å². The minimum atomic E-state index is -0.266. The lowest BCUT2D eigenvalue weighted by molar-refractivity contribution is 0.0563. The minimum Gasteiger partial charge on any atom is -0.443 e. The molecule has 27 heavy (non-hydrogen) atoms. The van der Waals surface area contributed by atoms with Crippen LogP contribution in [0.2, 0.25) is 0 Å². The first-order chi connectivity index (χ1) is 13.2. The summed E-state index contributed by atoms with van der Waals surface area (Å²) in [5.41, 5.74) is 1.26. The highest BCUT2D eigenvalue weighted by Crippen LogP contribution is 2.32. The average molecular weight is 366 g/mol. The summed E-state index contributed by atoms with van der Waals surface area (Å²) in [5.74, 6) is 0.793. The van der Waals surface area contributed by atoms with E-state index < -0.39 is 0 Å². The van der Waals surface area contributed by atoms with Gasteiger partial charge in [-0.05, 0) is 37.0 Å². The SMILES string of the molecule is O=C(c1cnccn1)N1CCCCC1c1ncc(Cc2ccc(F)cc2)o1. The van der Waals surface area contributed by atoms with E-state index in [0.717, 1.165) is 24.8 Å². The molecule has 4 rings (SSSR count). The summed E-state index contributed by atoms with van der Waals surface area (Å²) >= 11 is 0. The Morgan fingerprint density at radius 1 is 1.15 bits per heavy atom. The van der Waals surface area contributed by atoms with E-state index in [1.165, 1.54) is 24.5 Å². The summed E-state index contributed by atoms with van der Waals surface area (Å²) in [6.45, 7) is 0.635. The maximum Gasteiger partial charge on any atom is 0.274 e. The third-order valence-electron chi connectivity index (χ3n) is 4.69. The van der Waals surface area contributed by atoms with Crippen LogP contribution < -0.4 is 0 Å². The molecule has 1 unspecified atom stereocenters. The maximum atomic E-state index is 13.0. The summed E-state index contributed by atoms with van der Waals surface area (Å²) in [5, 5.41) is 0. The number of amides is 1. The molecule has 0 N–H and O–H groups in total. The molecule has 138 valence electrons. The van der Waals surface area contributed by atoms with Gasteiger partial charge in [0.15, 0.2) is 0 Å². The van der Waals surface area contributed by atoms with Gasteiger partial charge in [0, 0.05) is 25.4 Å². The van der Waals surface area contributed by atoms with E-state index >= 15 is 0 Å². The Labute approximate surface area is 156 Å². The average Bonchev–Trinajstić information content (AvgIpc) is 3.18. The largest absolute Gasteiger partial charge is 0.443 e. The van der Waals surface area contributed by atoms with Gasteiger partial charge in [-0.15, -0.1) is 0 Å². The van der Waals surface area contributed by atoms with Gasteiger partial charge < -0.3 is 9.32 Å². The van der Waals surface area contributed by atoms with Crippen LogP contribution in [0.5, 0.6) is 0 Å². The lowest BCUT2D eigenvalue weighted by atomic mass is 10.0. The molecule has 7 heteroatoms. The summed E-state index contributed by atoms with van der Waals surface area (Å²) in [6, 6.07) is 6.09. The summed E-state index contributed by atoms with van der Waals surface area (Å²) in [4.78, 5) is 27.1. The normalized spacial score (nSPS) is 17.1. The number of likely N-dealkylation sites (tertiary alicyclic amines) is 1. The summed E-state index contributed by atoms with van der Waals surface area (Å²) < 4.78 is 19.0. The third kappa shape index (κ3) is 3.86. The number of aromatic nitrogens is 3. The van der Waals surface area contributed by atoms with Crippen molar-refractivity contribution in [3.63, 3.8) is 0 Å². The molecule has 0 spiro atoms.